The lowest BCUT2D eigenvalue weighted by atomic mass is 10.2. The van der Waals surface area contributed by atoms with E-state index in [0.29, 0.717) is 5.52 Å². The summed E-state index contributed by atoms with van der Waals surface area (Å²) in [6, 6.07) is 3.95. The van der Waals surface area contributed by atoms with Gasteiger partial charge in [0, 0.05) is 22.9 Å². The second kappa shape index (κ2) is 5.64. The van der Waals surface area contributed by atoms with Crippen LogP contribution < -0.4 is 5.56 Å². The van der Waals surface area contributed by atoms with E-state index in [1.807, 2.05) is 13.0 Å². The van der Waals surface area contributed by atoms with Crippen molar-refractivity contribution in [3.8, 4) is 0 Å². The fraction of sp³-hybridized carbons (Fsp3) is 0.176. The van der Waals surface area contributed by atoms with Crippen LogP contribution in [0.2, 0.25) is 5.02 Å². The molecule has 25 heavy (non-hydrogen) atoms. The molecule has 0 N–H and O–H groups in total. The fourth-order valence-corrected chi connectivity index (χ4v) is 4.27. The summed E-state index contributed by atoms with van der Waals surface area (Å²) in [6.07, 6.45) is 1.58. The Morgan fingerprint density at radius 1 is 1.28 bits per heavy atom. The van der Waals surface area contributed by atoms with Gasteiger partial charge in [0.2, 0.25) is 0 Å². The van der Waals surface area contributed by atoms with Gasteiger partial charge in [-0.1, -0.05) is 11.6 Å². The van der Waals surface area contributed by atoms with Crippen LogP contribution in [0.15, 0.2) is 29.2 Å². The molecule has 0 radical (unpaired) electrons. The summed E-state index contributed by atoms with van der Waals surface area (Å²) in [7, 11) is 1.80. The van der Waals surface area contributed by atoms with Crippen molar-refractivity contribution in [2.45, 2.75) is 13.5 Å². The molecule has 4 aromatic rings. The minimum absolute atomic E-state index is 0.0949. The van der Waals surface area contributed by atoms with E-state index in [4.69, 9.17) is 11.6 Å². The number of rotatable bonds is 2. The maximum Gasteiger partial charge on any atom is 0.291 e. The second-order valence-corrected chi connectivity index (χ2v) is 7.46. The standard InChI is InChI=1S/C17H12ClF2N3OS/c1-8-5-13-16(25-8)9-6-21-23(17(24)15(9)22(13)2)7-10-11(19)3-4-12(20)14(10)18/h3-6H,7H2,1-2H3. The highest BCUT2D eigenvalue weighted by Gasteiger charge is 2.18. The minimum atomic E-state index is -0.734. The molecular formula is C17H12ClF2N3OS. The molecule has 0 amide bonds. The van der Waals surface area contributed by atoms with Gasteiger partial charge in [-0.15, -0.1) is 11.3 Å². The molecule has 8 heteroatoms. The van der Waals surface area contributed by atoms with E-state index >= 15 is 0 Å². The molecule has 0 aliphatic heterocycles. The van der Waals surface area contributed by atoms with Gasteiger partial charge in [0.05, 0.1) is 28.0 Å². The molecule has 128 valence electrons. The van der Waals surface area contributed by atoms with Crippen LogP contribution in [-0.2, 0) is 13.6 Å². The van der Waals surface area contributed by atoms with E-state index in [1.54, 1.807) is 29.1 Å². The van der Waals surface area contributed by atoms with Gasteiger partial charge in [0.25, 0.3) is 5.56 Å². The van der Waals surface area contributed by atoms with Crippen LogP contribution in [0.1, 0.15) is 10.4 Å². The number of halogens is 3. The first-order valence-corrected chi connectivity index (χ1v) is 8.65. The number of thiophene rings is 1. The maximum absolute atomic E-state index is 14.0. The first-order valence-electron chi connectivity index (χ1n) is 7.45. The van der Waals surface area contributed by atoms with Crippen molar-refractivity contribution in [2.75, 3.05) is 0 Å². The van der Waals surface area contributed by atoms with E-state index in [9.17, 15) is 13.6 Å². The van der Waals surface area contributed by atoms with Gasteiger partial charge in [-0.3, -0.25) is 4.79 Å². The van der Waals surface area contributed by atoms with Crippen LogP contribution in [-0.4, -0.2) is 14.3 Å². The van der Waals surface area contributed by atoms with Crippen molar-refractivity contribution >= 4 is 44.1 Å². The van der Waals surface area contributed by atoms with Crippen molar-refractivity contribution < 1.29 is 8.78 Å². The van der Waals surface area contributed by atoms with E-state index in [1.165, 1.54) is 0 Å². The summed E-state index contributed by atoms with van der Waals surface area (Å²) in [6.45, 7) is 1.76. The number of benzene rings is 1. The molecule has 0 unspecified atom stereocenters. The number of hydrogen-bond donors (Lipinski definition) is 0. The van der Waals surface area contributed by atoms with Crippen LogP contribution in [0, 0.1) is 18.6 Å². The van der Waals surface area contributed by atoms with E-state index in [2.05, 4.69) is 5.10 Å². The van der Waals surface area contributed by atoms with Crippen LogP contribution in [0.5, 0.6) is 0 Å². The lowest BCUT2D eigenvalue weighted by molar-refractivity contribution is 0.558. The number of aryl methyl sites for hydroxylation is 2. The van der Waals surface area contributed by atoms with Crippen molar-refractivity contribution in [1.29, 1.82) is 0 Å². The molecular weight excluding hydrogens is 368 g/mol. The first kappa shape index (κ1) is 16.2. The summed E-state index contributed by atoms with van der Waals surface area (Å²) >= 11 is 7.44. The minimum Gasteiger partial charge on any atom is -0.338 e. The molecule has 3 aromatic heterocycles. The topological polar surface area (TPSA) is 39.8 Å². The predicted octanol–water partition coefficient (Wildman–Crippen LogP) is 4.24. The molecule has 3 heterocycles. The predicted molar refractivity (Wildman–Crippen MR) is 95.6 cm³/mol. The lowest BCUT2D eigenvalue weighted by Crippen LogP contribution is -2.25. The molecule has 1 aromatic carbocycles. The zero-order valence-electron chi connectivity index (χ0n) is 13.3. The largest absolute Gasteiger partial charge is 0.338 e. The Labute approximate surface area is 149 Å². The van der Waals surface area contributed by atoms with Gasteiger partial charge >= 0.3 is 0 Å². The summed E-state index contributed by atoms with van der Waals surface area (Å²) in [5.74, 6) is -1.41. The lowest BCUT2D eigenvalue weighted by Gasteiger charge is -2.09. The Kier molecular flexibility index (Phi) is 3.66. The highest BCUT2D eigenvalue weighted by Crippen LogP contribution is 2.32. The summed E-state index contributed by atoms with van der Waals surface area (Å²) in [5, 5.41) is 4.55. The molecule has 0 fully saturated rings. The third-order valence-electron chi connectivity index (χ3n) is 4.24. The Hall–Kier alpha value is -2.25. The number of hydrogen-bond acceptors (Lipinski definition) is 3. The highest BCUT2D eigenvalue weighted by atomic mass is 35.5. The van der Waals surface area contributed by atoms with E-state index in [0.717, 1.165) is 37.3 Å². The number of nitrogens with zero attached hydrogens (tertiary/aromatic N) is 3. The monoisotopic (exact) mass is 379 g/mol. The Balaban J connectivity index is 1.93. The molecule has 0 saturated heterocycles. The van der Waals surface area contributed by atoms with Gasteiger partial charge in [0.15, 0.2) is 0 Å². The average Bonchev–Trinajstić information content (AvgIpc) is 3.07. The van der Waals surface area contributed by atoms with Crippen LogP contribution >= 0.6 is 22.9 Å². The highest BCUT2D eigenvalue weighted by molar-refractivity contribution is 7.20. The van der Waals surface area contributed by atoms with Gasteiger partial charge in [-0.2, -0.15) is 5.10 Å². The summed E-state index contributed by atoms with van der Waals surface area (Å²) in [4.78, 5) is 14.0. The maximum atomic E-state index is 14.0. The normalized spacial score (nSPS) is 11.7. The smallest absolute Gasteiger partial charge is 0.291 e. The summed E-state index contributed by atoms with van der Waals surface area (Å²) in [5.41, 5.74) is 0.955. The van der Waals surface area contributed by atoms with Gasteiger partial charge in [-0.25, -0.2) is 13.5 Å². The molecule has 4 rings (SSSR count). The van der Waals surface area contributed by atoms with Crippen LogP contribution in [0.4, 0.5) is 8.78 Å². The number of aromatic nitrogens is 3. The second-order valence-electron chi connectivity index (χ2n) is 5.82. The van der Waals surface area contributed by atoms with Gasteiger partial charge in [-0.05, 0) is 25.1 Å². The fourth-order valence-electron chi connectivity index (χ4n) is 3.01. The molecule has 4 nitrogen and oxygen atoms in total. The molecule has 0 aliphatic carbocycles. The van der Waals surface area contributed by atoms with Crippen molar-refractivity contribution in [3.05, 3.63) is 61.8 Å². The SMILES string of the molecule is Cc1cc2c(s1)c1cnn(Cc3c(F)ccc(F)c3Cl)c(=O)c1n2C. The molecule has 0 spiro atoms. The molecule has 0 aliphatic rings. The van der Waals surface area contributed by atoms with E-state index < -0.39 is 11.6 Å². The molecule has 0 bridgehead atoms. The third-order valence-corrected chi connectivity index (χ3v) is 5.72. The Morgan fingerprint density at radius 3 is 2.76 bits per heavy atom. The third kappa shape index (κ3) is 2.38. The van der Waals surface area contributed by atoms with Crippen molar-refractivity contribution in [1.82, 2.24) is 14.3 Å². The first-order chi connectivity index (χ1) is 11.9. The van der Waals surface area contributed by atoms with E-state index in [-0.39, 0.29) is 22.7 Å². The summed E-state index contributed by atoms with van der Waals surface area (Å²) < 4.78 is 31.5. The zero-order chi connectivity index (χ0) is 17.9. The average molecular weight is 380 g/mol. The number of fused-ring (bicyclic) bond motifs is 3. The van der Waals surface area contributed by atoms with Gasteiger partial charge < -0.3 is 4.57 Å². The zero-order valence-corrected chi connectivity index (χ0v) is 14.9. The quantitative estimate of drug-likeness (QED) is 0.489. The Bertz CT molecular complexity index is 1210. The van der Waals surface area contributed by atoms with Crippen molar-refractivity contribution in [3.63, 3.8) is 0 Å². The van der Waals surface area contributed by atoms with Crippen molar-refractivity contribution in [2.24, 2.45) is 7.05 Å². The molecule has 0 atom stereocenters. The van der Waals surface area contributed by atoms with Crippen LogP contribution in [0.25, 0.3) is 21.1 Å². The van der Waals surface area contributed by atoms with Gasteiger partial charge in [0.1, 0.15) is 17.2 Å². The Morgan fingerprint density at radius 2 is 2.00 bits per heavy atom. The van der Waals surface area contributed by atoms with Crippen LogP contribution in [0.3, 0.4) is 0 Å². The molecule has 0 saturated carbocycles.